The van der Waals surface area contributed by atoms with Gasteiger partial charge >= 0.3 is 0 Å². The third-order valence-electron chi connectivity index (χ3n) is 2.07. The molecule has 6 nitrogen and oxygen atoms in total. The van der Waals surface area contributed by atoms with E-state index < -0.39 is 0 Å². The van der Waals surface area contributed by atoms with Crippen LogP contribution in [0, 0.1) is 6.92 Å². The number of nitrogens with one attached hydrogen (secondary N) is 2. The number of anilines is 2. The van der Waals surface area contributed by atoms with Crippen LogP contribution in [-0.4, -0.2) is 20.3 Å². The van der Waals surface area contributed by atoms with E-state index in [1.807, 2.05) is 0 Å². The molecule has 0 amide bonds. The van der Waals surface area contributed by atoms with E-state index in [9.17, 15) is 9.90 Å². The fourth-order valence-electron chi connectivity index (χ4n) is 1.19. The highest BCUT2D eigenvalue weighted by atomic mass is 35.5. The van der Waals surface area contributed by atoms with Gasteiger partial charge < -0.3 is 10.4 Å². The number of aromatic nitrogens is 3. The SMILES string of the molecule is Cc1nnc(Nc2cc(Cl)ccc2O)[nH]c1=O. The number of hydrogen-bond donors (Lipinski definition) is 3. The lowest BCUT2D eigenvalue weighted by Gasteiger charge is -2.06. The summed E-state index contributed by atoms with van der Waals surface area (Å²) in [4.78, 5) is 13.8. The van der Waals surface area contributed by atoms with Crippen LogP contribution in [0.15, 0.2) is 23.0 Å². The van der Waals surface area contributed by atoms with Crippen molar-refractivity contribution in [3.63, 3.8) is 0 Å². The fourth-order valence-corrected chi connectivity index (χ4v) is 1.36. The van der Waals surface area contributed by atoms with Gasteiger partial charge in [-0.3, -0.25) is 9.78 Å². The second kappa shape index (κ2) is 4.42. The van der Waals surface area contributed by atoms with Gasteiger partial charge in [-0.1, -0.05) is 11.6 Å². The monoisotopic (exact) mass is 252 g/mol. The van der Waals surface area contributed by atoms with Gasteiger partial charge in [0.1, 0.15) is 11.4 Å². The van der Waals surface area contributed by atoms with Gasteiger partial charge in [0, 0.05) is 5.02 Å². The van der Waals surface area contributed by atoms with Crippen molar-refractivity contribution in [2.24, 2.45) is 0 Å². The quantitative estimate of drug-likeness (QED) is 0.706. The van der Waals surface area contributed by atoms with E-state index in [0.717, 1.165) is 0 Å². The van der Waals surface area contributed by atoms with Crippen LogP contribution in [0.3, 0.4) is 0 Å². The van der Waals surface area contributed by atoms with E-state index in [2.05, 4.69) is 20.5 Å². The number of H-pyrrole nitrogens is 1. The summed E-state index contributed by atoms with van der Waals surface area (Å²) in [5.74, 6) is 0.135. The molecule has 0 unspecified atom stereocenters. The molecular weight excluding hydrogens is 244 g/mol. The van der Waals surface area contributed by atoms with Crippen molar-refractivity contribution in [1.82, 2.24) is 15.2 Å². The number of phenolic OH excluding ortho intramolecular Hbond substituents is 1. The Balaban J connectivity index is 2.34. The maximum absolute atomic E-state index is 11.3. The predicted octanol–water partition coefficient (Wildman–Crippen LogP) is 1.58. The summed E-state index contributed by atoms with van der Waals surface area (Å²) in [6.07, 6.45) is 0. The lowest BCUT2D eigenvalue weighted by molar-refractivity contribution is 0.477. The molecule has 0 aliphatic rings. The van der Waals surface area contributed by atoms with Crippen molar-refractivity contribution < 1.29 is 5.11 Å². The number of aromatic hydroxyl groups is 1. The van der Waals surface area contributed by atoms with Crippen molar-refractivity contribution in [3.8, 4) is 5.75 Å². The zero-order chi connectivity index (χ0) is 12.4. The standard InChI is InChI=1S/C10H9ClN4O2/c1-5-9(17)13-10(15-14-5)12-7-4-6(11)2-3-8(7)16/h2-4,16H,1H3,(H2,12,13,15,17). The van der Waals surface area contributed by atoms with Crippen molar-refractivity contribution in [1.29, 1.82) is 0 Å². The minimum absolute atomic E-state index is 0.00220. The second-order valence-electron chi connectivity index (χ2n) is 3.37. The molecule has 1 aromatic carbocycles. The molecule has 0 atom stereocenters. The number of hydrogen-bond acceptors (Lipinski definition) is 5. The zero-order valence-electron chi connectivity index (χ0n) is 8.86. The van der Waals surface area contributed by atoms with E-state index >= 15 is 0 Å². The molecule has 0 saturated heterocycles. The number of aromatic amines is 1. The highest BCUT2D eigenvalue weighted by Crippen LogP contribution is 2.27. The first-order valence-corrected chi connectivity index (χ1v) is 5.13. The number of rotatable bonds is 2. The molecule has 0 bridgehead atoms. The molecule has 0 saturated carbocycles. The summed E-state index contributed by atoms with van der Waals surface area (Å²) in [6.45, 7) is 1.55. The van der Waals surface area contributed by atoms with Crippen molar-refractivity contribution >= 4 is 23.2 Å². The van der Waals surface area contributed by atoms with E-state index in [0.29, 0.717) is 10.7 Å². The summed E-state index contributed by atoms with van der Waals surface area (Å²) in [7, 11) is 0. The smallest absolute Gasteiger partial charge is 0.273 e. The molecular formula is C10H9ClN4O2. The molecule has 0 aliphatic carbocycles. The van der Waals surface area contributed by atoms with Crippen LogP contribution < -0.4 is 10.9 Å². The van der Waals surface area contributed by atoms with Gasteiger partial charge in [0.15, 0.2) is 0 Å². The Labute approximate surface area is 101 Å². The molecule has 2 rings (SSSR count). The first-order chi connectivity index (χ1) is 8.06. The van der Waals surface area contributed by atoms with Gasteiger partial charge in [-0.05, 0) is 25.1 Å². The molecule has 0 spiro atoms. The molecule has 2 aromatic rings. The summed E-state index contributed by atoms with van der Waals surface area (Å²) in [6, 6.07) is 4.49. The Morgan fingerprint density at radius 2 is 2.18 bits per heavy atom. The normalized spacial score (nSPS) is 10.2. The summed E-state index contributed by atoms with van der Waals surface area (Å²) in [5.41, 5.74) is 0.265. The largest absolute Gasteiger partial charge is 0.506 e. The van der Waals surface area contributed by atoms with Gasteiger partial charge in [0.2, 0.25) is 5.95 Å². The number of aryl methyl sites for hydroxylation is 1. The first-order valence-electron chi connectivity index (χ1n) is 4.75. The van der Waals surface area contributed by atoms with Gasteiger partial charge in [-0.25, -0.2) is 0 Å². The molecule has 0 radical (unpaired) electrons. The Morgan fingerprint density at radius 3 is 2.88 bits per heavy atom. The second-order valence-corrected chi connectivity index (χ2v) is 3.81. The average molecular weight is 253 g/mol. The molecule has 0 aliphatic heterocycles. The third-order valence-corrected chi connectivity index (χ3v) is 2.31. The van der Waals surface area contributed by atoms with Gasteiger partial charge in [0.05, 0.1) is 5.69 Å². The Morgan fingerprint density at radius 1 is 1.41 bits per heavy atom. The Kier molecular flexibility index (Phi) is 2.97. The topological polar surface area (TPSA) is 90.9 Å². The fraction of sp³-hybridized carbons (Fsp3) is 0.100. The first kappa shape index (κ1) is 11.4. The molecule has 88 valence electrons. The van der Waals surface area contributed by atoms with E-state index in [1.54, 1.807) is 13.0 Å². The van der Waals surface area contributed by atoms with Crippen LogP contribution in [0.2, 0.25) is 5.02 Å². The van der Waals surface area contributed by atoms with Crippen LogP contribution in [0.4, 0.5) is 11.6 Å². The molecule has 1 aromatic heterocycles. The average Bonchev–Trinajstić information content (AvgIpc) is 2.29. The number of phenols is 1. The zero-order valence-corrected chi connectivity index (χ0v) is 9.62. The lowest BCUT2D eigenvalue weighted by atomic mass is 10.3. The van der Waals surface area contributed by atoms with Crippen LogP contribution >= 0.6 is 11.6 Å². The summed E-state index contributed by atoms with van der Waals surface area (Å²) in [5, 5.41) is 20.1. The lowest BCUT2D eigenvalue weighted by Crippen LogP contribution is -2.15. The van der Waals surface area contributed by atoms with E-state index in [-0.39, 0.29) is 23.0 Å². The van der Waals surface area contributed by atoms with Gasteiger partial charge in [-0.15, -0.1) is 10.2 Å². The maximum Gasteiger partial charge on any atom is 0.273 e. The maximum atomic E-state index is 11.3. The highest BCUT2D eigenvalue weighted by molar-refractivity contribution is 6.30. The number of nitrogens with zero attached hydrogens (tertiary/aromatic N) is 2. The van der Waals surface area contributed by atoms with Crippen LogP contribution in [-0.2, 0) is 0 Å². The van der Waals surface area contributed by atoms with E-state index in [4.69, 9.17) is 11.6 Å². The van der Waals surface area contributed by atoms with Crippen molar-refractivity contribution in [3.05, 3.63) is 39.3 Å². The van der Waals surface area contributed by atoms with Gasteiger partial charge in [0.25, 0.3) is 5.56 Å². The molecule has 3 N–H and O–H groups in total. The van der Waals surface area contributed by atoms with Crippen LogP contribution in [0.1, 0.15) is 5.69 Å². The molecule has 7 heteroatoms. The van der Waals surface area contributed by atoms with Crippen molar-refractivity contribution in [2.45, 2.75) is 6.92 Å². The third kappa shape index (κ3) is 2.54. The summed E-state index contributed by atoms with van der Waals surface area (Å²) >= 11 is 5.78. The minimum Gasteiger partial charge on any atom is -0.506 e. The van der Waals surface area contributed by atoms with E-state index in [1.165, 1.54) is 12.1 Å². The summed E-state index contributed by atoms with van der Waals surface area (Å²) < 4.78 is 0. The molecule has 1 heterocycles. The van der Waals surface area contributed by atoms with Crippen LogP contribution in [0.25, 0.3) is 0 Å². The molecule has 0 fully saturated rings. The van der Waals surface area contributed by atoms with Crippen molar-refractivity contribution in [2.75, 3.05) is 5.32 Å². The predicted molar refractivity (Wildman–Crippen MR) is 63.8 cm³/mol. The number of benzene rings is 1. The van der Waals surface area contributed by atoms with Crippen LogP contribution in [0.5, 0.6) is 5.75 Å². The Bertz CT molecular complexity index is 611. The molecule has 17 heavy (non-hydrogen) atoms. The number of halogens is 1. The Hall–Kier alpha value is -2.08. The minimum atomic E-state index is -0.344. The van der Waals surface area contributed by atoms with Gasteiger partial charge in [-0.2, -0.15) is 0 Å². The highest BCUT2D eigenvalue weighted by Gasteiger charge is 2.05.